The van der Waals surface area contributed by atoms with Crippen LogP contribution in [0.2, 0.25) is 0 Å². The minimum Gasteiger partial charge on any atom is -0.309 e. The summed E-state index contributed by atoms with van der Waals surface area (Å²) in [4.78, 5) is 7.72. The second-order valence-electron chi connectivity index (χ2n) is 12.2. The highest BCUT2D eigenvalue weighted by Gasteiger charge is 2.23. The highest BCUT2D eigenvalue weighted by molar-refractivity contribution is 6.12. The van der Waals surface area contributed by atoms with Gasteiger partial charge in [-0.25, -0.2) is 9.69 Å². The summed E-state index contributed by atoms with van der Waals surface area (Å²) in [6.07, 6.45) is 0. The van der Waals surface area contributed by atoms with Gasteiger partial charge in [-0.1, -0.05) is 97.1 Å². The Kier molecular flexibility index (Phi) is 6.56. The Morgan fingerprint density at radius 3 is 1.80 bits per heavy atom. The lowest BCUT2D eigenvalue weighted by atomic mass is 9.89. The third kappa shape index (κ3) is 4.24. The molecule has 0 saturated heterocycles. The van der Waals surface area contributed by atoms with Crippen LogP contribution in [0, 0.1) is 24.5 Å². The van der Waals surface area contributed by atoms with Crippen molar-refractivity contribution in [3.63, 3.8) is 0 Å². The average Bonchev–Trinajstić information content (AvgIpc) is 3.70. The van der Waals surface area contributed by atoms with Gasteiger partial charge < -0.3 is 9.13 Å². The van der Waals surface area contributed by atoms with E-state index in [0.29, 0.717) is 28.1 Å². The number of benzene rings is 7. The van der Waals surface area contributed by atoms with Crippen molar-refractivity contribution in [3.05, 3.63) is 180 Å². The first kappa shape index (κ1) is 28.8. The van der Waals surface area contributed by atoms with Crippen LogP contribution in [0.1, 0.15) is 5.56 Å². The van der Waals surface area contributed by atoms with Gasteiger partial charge in [-0.2, -0.15) is 5.26 Å². The van der Waals surface area contributed by atoms with E-state index in [0.717, 1.165) is 55.3 Å². The van der Waals surface area contributed by atoms with Crippen molar-refractivity contribution in [1.82, 2.24) is 9.13 Å². The van der Waals surface area contributed by atoms with Gasteiger partial charge >= 0.3 is 0 Å². The molecular formula is C45H25N5. The largest absolute Gasteiger partial charge is 0.309 e. The molecule has 0 saturated carbocycles. The Bertz CT molecular complexity index is 2920. The number of nitriles is 1. The number of hydrogen-bond donors (Lipinski definition) is 0. The first-order valence-electron chi connectivity index (χ1n) is 16.2. The summed E-state index contributed by atoms with van der Waals surface area (Å²) in [5, 5.41) is 15.0. The molecule has 9 aromatic rings. The molecule has 0 aliphatic carbocycles. The van der Waals surface area contributed by atoms with Crippen molar-refractivity contribution in [3.8, 4) is 39.7 Å². The van der Waals surface area contributed by atoms with E-state index in [1.807, 2.05) is 66.7 Å². The molecule has 2 aromatic heterocycles. The zero-order valence-corrected chi connectivity index (χ0v) is 26.7. The van der Waals surface area contributed by atoms with E-state index in [2.05, 4.69) is 110 Å². The minimum atomic E-state index is 0.463. The second-order valence-corrected chi connectivity index (χ2v) is 12.2. The van der Waals surface area contributed by atoms with Gasteiger partial charge in [0.2, 0.25) is 0 Å². The van der Waals surface area contributed by atoms with Crippen LogP contribution >= 0.6 is 0 Å². The van der Waals surface area contributed by atoms with Gasteiger partial charge in [0.1, 0.15) is 0 Å². The molecule has 0 atom stereocenters. The van der Waals surface area contributed by atoms with Crippen LogP contribution in [0.3, 0.4) is 0 Å². The number of nitrogens with zero attached hydrogens (tertiary/aromatic N) is 5. The topological polar surface area (TPSA) is 42.4 Å². The average molecular weight is 636 g/mol. The fourth-order valence-corrected chi connectivity index (χ4v) is 7.52. The monoisotopic (exact) mass is 635 g/mol. The fourth-order valence-electron chi connectivity index (χ4n) is 7.52. The van der Waals surface area contributed by atoms with Crippen molar-refractivity contribution in [2.75, 3.05) is 0 Å². The summed E-state index contributed by atoms with van der Waals surface area (Å²) >= 11 is 0. The van der Waals surface area contributed by atoms with Gasteiger partial charge in [-0.15, -0.1) is 0 Å². The zero-order chi connectivity index (χ0) is 33.8. The third-order valence-corrected chi connectivity index (χ3v) is 9.60. The predicted octanol–water partition coefficient (Wildman–Crippen LogP) is 12.2. The molecule has 0 aliphatic heterocycles. The van der Waals surface area contributed by atoms with E-state index >= 15 is 0 Å². The van der Waals surface area contributed by atoms with Gasteiger partial charge in [0.25, 0.3) is 0 Å². The molecule has 230 valence electrons. The molecule has 0 N–H and O–H groups in total. The molecule has 2 heterocycles. The van der Waals surface area contributed by atoms with Crippen LogP contribution < -0.4 is 0 Å². The molecule has 5 nitrogen and oxygen atoms in total. The van der Waals surface area contributed by atoms with Crippen molar-refractivity contribution < 1.29 is 0 Å². The first-order valence-corrected chi connectivity index (χ1v) is 16.2. The maximum atomic E-state index is 10.6. The van der Waals surface area contributed by atoms with Crippen molar-refractivity contribution >= 4 is 55.0 Å². The highest BCUT2D eigenvalue weighted by atomic mass is 15.0. The molecule has 50 heavy (non-hydrogen) atoms. The maximum absolute atomic E-state index is 10.6. The molecule has 7 aromatic carbocycles. The molecule has 0 radical (unpaired) electrons. The van der Waals surface area contributed by atoms with Crippen LogP contribution in [0.4, 0.5) is 11.4 Å². The molecule has 0 aliphatic rings. The Morgan fingerprint density at radius 2 is 1.12 bits per heavy atom. The Hall–Kier alpha value is -7.39. The zero-order valence-electron chi connectivity index (χ0n) is 26.7. The summed E-state index contributed by atoms with van der Waals surface area (Å²) < 4.78 is 4.45. The van der Waals surface area contributed by atoms with Gasteiger partial charge in [-0.05, 0) is 76.7 Å². The van der Waals surface area contributed by atoms with E-state index in [9.17, 15) is 5.26 Å². The highest BCUT2D eigenvalue weighted by Crippen LogP contribution is 2.46. The van der Waals surface area contributed by atoms with Gasteiger partial charge in [0.05, 0.1) is 52.5 Å². The summed E-state index contributed by atoms with van der Waals surface area (Å²) in [5.41, 5.74) is 10.6. The Labute approximate surface area is 288 Å². The van der Waals surface area contributed by atoms with E-state index in [1.165, 1.54) is 10.8 Å². The van der Waals surface area contributed by atoms with Gasteiger partial charge in [-0.3, -0.25) is 0 Å². The number of rotatable bonds is 4. The molecule has 5 heteroatoms. The lowest BCUT2D eigenvalue weighted by molar-refractivity contribution is 1.18. The van der Waals surface area contributed by atoms with Crippen molar-refractivity contribution in [1.29, 1.82) is 5.26 Å². The predicted molar refractivity (Wildman–Crippen MR) is 203 cm³/mol. The summed E-state index contributed by atoms with van der Waals surface area (Å²) in [6.45, 7) is 16.0. The van der Waals surface area contributed by atoms with Crippen LogP contribution in [-0.4, -0.2) is 9.13 Å². The molecule has 0 amide bonds. The molecule has 9 rings (SSSR count). The van der Waals surface area contributed by atoms with Gasteiger partial charge in [0.15, 0.2) is 11.4 Å². The van der Waals surface area contributed by atoms with Gasteiger partial charge in [0, 0.05) is 27.4 Å². The summed E-state index contributed by atoms with van der Waals surface area (Å²) in [7, 11) is 0. The summed E-state index contributed by atoms with van der Waals surface area (Å²) in [6, 6.07) is 53.1. The molecule has 0 bridgehead atoms. The van der Waals surface area contributed by atoms with E-state index in [4.69, 9.17) is 13.1 Å². The SMILES string of the molecule is [C-]#[N+]c1ccc2c(c1)c1ccccc1n2-c1cccc(C#N)c1-c1c([N+]#[C-])cccc1-c1cccc(-n2c3ccccc3c3ccccc32)c1. The molecule has 0 unspecified atom stereocenters. The van der Waals surface area contributed by atoms with E-state index in [1.54, 1.807) is 0 Å². The van der Waals surface area contributed by atoms with Crippen LogP contribution in [-0.2, 0) is 0 Å². The first-order chi connectivity index (χ1) is 24.7. The number of aromatic nitrogens is 2. The number of para-hydroxylation sites is 3. The standard InChI is InChI=1S/C45H25N5/c1-47-31-24-25-42-37(27-31)36-17-5-8-22-41(36)50(42)43-23-10-13-30(28-46)44(43)45-33(18-11-19-38(45)48-2)29-12-9-14-32(26-29)49-39-20-6-3-15-34(39)35-16-4-7-21-40(35)49/h3-27H. The van der Waals surface area contributed by atoms with Crippen LogP contribution in [0.25, 0.3) is 86.9 Å². The number of fused-ring (bicyclic) bond motifs is 6. The van der Waals surface area contributed by atoms with Crippen LogP contribution in [0.5, 0.6) is 0 Å². The lowest BCUT2D eigenvalue weighted by Crippen LogP contribution is -2.01. The summed E-state index contributed by atoms with van der Waals surface area (Å²) in [5.74, 6) is 0. The Balaban J connectivity index is 1.34. The normalized spacial score (nSPS) is 11.1. The smallest absolute Gasteiger partial charge is 0.195 e. The fraction of sp³-hybridized carbons (Fsp3) is 0. The minimum absolute atomic E-state index is 0.463. The second kappa shape index (κ2) is 11.4. The number of hydrogen-bond acceptors (Lipinski definition) is 1. The quantitative estimate of drug-likeness (QED) is 0.177. The third-order valence-electron chi connectivity index (χ3n) is 9.60. The molecule has 0 spiro atoms. The van der Waals surface area contributed by atoms with Crippen molar-refractivity contribution in [2.45, 2.75) is 0 Å². The molecular weight excluding hydrogens is 611 g/mol. The van der Waals surface area contributed by atoms with E-state index in [-0.39, 0.29) is 0 Å². The van der Waals surface area contributed by atoms with Crippen LogP contribution in [0.15, 0.2) is 152 Å². The lowest BCUT2D eigenvalue weighted by Gasteiger charge is -2.20. The maximum Gasteiger partial charge on any atom is 0.195 e. The molecule has 0 fully saturated rings. The van der Waals surface area contributed by atoms with E-state index < -0.39 is 0 Å². The Morgan fingerprint density at radius 1 is 0.500 bits per heavy atom. The van der Waals surface area contributed by atoms with Crippen molar-refractivity contribution in [2.24, 2.45) is 0 Å².